The topological polar surface area (TPSA) is 104 Å². The van der Waals surface area contributed by atoms with E-state index in [-0.39, 0.29) is 24.2 Å². The number of rotatable bonds is 8. The second-order valence-corrected chi connectivity index (χ2v) is 11.6. The third-order valence-corrected chi connectivity index (χ3v) is 8.81. The van der Waals surface area contributed by atoms with Gasteiger partial charge in [0.15, 0.2) is 5.60 Å². The molecule has 0 aromatic heterocycles. The largest absolute Gasteiger partial charge is 0.524 e. The fourth-order valence-electron chi connectivity index (χ4n) is 7.00. The summed E-state index contributed by atoms with van der Waals surface area (Å²) >= 11 is 0. The first-order chi connectivity index (χ1) is 17.9. The molecule has 4 unspecified atom stereocenters. The van der Waals surface area contributed by atoms with Gasteiger partial charge in [-0.2, -0.15) is 4.89 Å². The molecule has 0 radical (unpaired) electrons. The van der Waals surface area contributed by atoms with E-state index in [9.17, 15) is 14.4 Å². The molecule has 4 atom stereocenters. The van der Waals surface area contributed by atoms with Crippen LogP contribution < -0.4 is 9.26 Å². The zero-order valence-electron chi connectivity index (χ0n) is 20.7. The quantitative estimate of drug-likeness (QED) is 0.192. The lowest BCUT2D eigenvalue weighted by Crippen LogP contribution is -2.75. The number of para-hydroxylation sites is 1. The lowest BCUT2D eigenvalue weighted by molar-refractivity contribution is -0.641. The molecule has 3 aliphatic carbocycles. The average molecular weight is 529 g/mol. The zero-order chi connectivity index (χ0) is 25.5. The van der Waals surface area contributed by atoms with Crippen molar-refractivity contribution in [2.24, 2.45) is 11.8 Å². The molecule has 2 N–H and O–H groups in total. The van der Waals surface area contributed by atoms with Gasteiger partial charge in [0.05, 0.1) is 6.61 Å². The Morgan fingerprint density at radius 1 is 0.919 bits per heavy atom. The maximum atomic E-state index is 11.6. The summed E-state index contributed by atoms with van der Waals surface area (Å²) in [4.78, 5) is 31.0. The maximum Gasteiger partial charge on any atom is 0.524 e. The number of hydrogen-bond donors (Lipinski definition) is 2. The maximum absolute atomic E-state index is 11.6. The van der Waals surface area contributed by atoms with E-state index in [1.807, 2.05) is 36.4 Å². The number of ether oxygens (including phenoxy) is 2. The highest BCUT2D eigenvalue weighted by molar-refractivity contribution is 7.46. The first-order valence-electron chi connectivity index (χ1n) is 13.2. The van der Waals surface area contributed by atoms with Crippen molar-refractivity contribution in [3.8, 4) is 11.5 Å². The van der Waals surface area contributed by atoms with Gasteiger partial charge in [-0.3, -0.25) is 9.79 Å². The summed E-state index contributed by atoms with van der Waals surface area (Å²) in [6, 6.07) is 16.2. The summed E-state index contributed by atoms with van der Waals surface area (Å²) < 4.78 is 29.0. The van der Waals surface area contributed by atoms with Gasteiger partial charge < -0.3 is 14.0 Å². The van der Waals surface area contributed by atoms with Crippen molar-refractivity contribution >= 4 is 7.82 Å². The van der Waals surface area contributed by atoms with E-state index in [1.165, 1.54) is 24.5 Å². The molecule has 1 spiro atoms. The third-order valence-electron chi connectivity index (χ3n) is 8.36. The zero-order valence-corrected chi connectivity index (χ0v) is 21.6. The molecule has 4 aliphatic rings. The van der Waals surface area contributed by atoms with Crippen molar-refractivity contribution in [1.29, 1.82) is 0 Å². The van der Waals surface area contributed by atoms with Crippen molar-refractivity contribution in [3.63, 3.8) is 0 Å². The minimum absolute atomic E-state index is 0.0542. The van der Waals surface area contributed by atoms with Crippen LogP contribution in [0.1, 0.15) is 56.9 Å². The minimum atomic E-state index is -4.73. The highest BCUT2D eigenvalue weighted by Crippen LogP contribution is 2.67. The number of phosphoric ester groups is 1. The van der Waals surface area contributed by atoms with Gasteiger partial charge in [0.1, 0.15) is 18.1 Å². The molecule has 0 amide bonds. The molecule has 1 aliphatic heterocycles. The fraction of sp³-hybridized carbons (Fsp3) is 0.500. The van der Waals surface area contributed by atoms with Crippen molar-refractivity contribution in [3.05, 3.63) is 71.3 Å². The Morgan fingerprint density at radius 3 is 2.51 bits per heavy atom. The molecule has 1 heterocycles. The van der Waals surface area contributed by atoms with Gasteiger partial charge in [0.25, 0.3) is 5.79 Å². The van der Waals surface area contributed by atoms with Crippen LogP contribution in [-0.4, -0.2) is 28.6 Å². The summed E-state index contributed by atoms with van der Waals surface area (Å²) in [7, 11) is -4.73. The van der Waals surface area contributed by atoms with Crippen LogP contribution in [0.4, 0.5) is 0 Å². The van der Waals surface area contributed by atoms with E-state index in [2.05, 4.69) is 0 Å². The van der Waals surface area contributed by atoms with Gasteiger partial charge in [-0.15, -0.1) is 0 Å². The third kappa shape index (κ3) is 4.44. The number of fused-ring (bicyclic) bond motifs is 1. The van der Waals surface area contributed by atoms with Gasteiger partial charge in [0, 0.05) is 17.4 Å². The van der Waals surface area contributed by atoms with Crippen LogP contribution in [0.25, 0.3) is 0 Å². The molecule has 6 rings (SSSR count). The van der Waals surface area contributed by atoms with E-state index in [4.69, 9.17) is 23.8 Å². The van der Waals surface area contributed by atoms with Gasteiger partial charge in [-0.1, -0.05) is 47.9 Å². The van der Waals surface area contributed by atoms with Crippen LogP contribution >= 0.6 is 7.82 Å². The van der Waals surface area contributed by atoms with Crippen LogP contribution in [0.5, 0.6) is 11.5 Å². The summed E-state index contributed by atoms with van der Waals surface area (Å²) in [5, 5.41) is 0. The van der Waals surface area contributed by atoms with E-state index in [1.54, 1.807) is 17.7 Å². The first-order valence-corrected chi connectivity index (χ1v) is 14.7. The Balaban J connectivity index is 1.36. The van der Waals surface area contributed by atoms with E-state index >= 15 is 0 Å². The number of benzene rings is 2. The van der Waals surface area contributed by atoms with E-state index in [0.29, 0.717) is 12.2 Å². The molecule has 37 heavy (non-hydrogen) atoms. The van der Waals surface area contributed by atoms with Gasteiger partial charge in [0.2, 0.25) is 0 Å². The molecule has 8 nitrogen and oxygen atoms in total. The van der Waals surface area contributed by atoms with Crippen molar-refractivity contribution in [1.82, 2.24) is 0 Å². The predicted octanol–water partition coefficient (Wildman–Crippen LogP) is 5.80. The Labute approximate surface area is 216 Å². The van der Waals surface area contributed by atoms with E-state index in [0.717, 1.165) is 44.3 Å². The Kier molecular flexibility index (Phi) is 6.68. The van der Waals surface area contributed by atoms with Crippen molar-refractivity contribution in [2.75, 3.05) is 13.2 Å². The molecule has 9 heteroatoms. The van der Waals surface area contributed by atoms with Gasteiger partial charge in [-0.25, -0.2) is 9.45 Å². The highest BCUT2D eigenvalue weighted by Gasteiger charge is 2.75. The summed E-state index contributed by atoms with van der Waals surface area (Å²) in [6.07, 6.45) is 8.77. The minimum Gasteiger partial charge on any atom is -0.491 e. The highest BCUT2D eigenvalue weighted by atomic mass is 31.2. The number of phosphoric acid groups is 1. The first kappa shape index (κ1) is 25.1. The molecular weight excluding hydrogens is 495 g/mol. The SMILES string of the molecule is O=P(O)(O)Oc1cccc(C2(OCCOc3ccccc3)OOC23C2CCCC3C3=C(CCCC3)C2)c1. The van der Waals surface area contributed by atoms with Gasteiger partial charge in [-0.05, 0) is 69.2 Å². The molecule has 2 fully saturated rings. The Bertz CT molecular complexity index is 1210. The molecule has 2 aromatic carbocycles. The lowest BCUT2D eigenvalue weighted by atomic mass is 9.53. The monoisotopic (exact) mass is 528 g/mol. The van der Waals surface area contributed by atoms with Crippen LogP contribution in [-0.2, 0) is 24.9 Å². The van der Waals surface area contributed by atoms with Crippen LogP contribution in [0.2, 0.25) is 0 Å². The molecule has 1 saturated heterocycles. The summed E-state index contributed by atoms with van der Waals surface area (Å²) in [5.74, 6) is -0.0426. The van der Waals surface area contributed by atoms with E-state index < -0.39 is 19.2 Å². The molecule has 1 saturated carbocycles. The second-order valence-electron chi connectivity index (χ2n) is 10.4. The molecule has 198 valence electrons. The van der Waals surface area contributed by atoms with Crippen molar-refractivity contribution in [2.45, 2.75) is 62.8 Å². The van der Waals surface area contributed by atoms with Crippen LogP contribution in [0.15, 0.2) is 65.7 Å². The van der Waals surface area contributed by atoms with Crippen molar-refractivity contribution < 1.29 is 38.1 Å². The van der Waals surface area contributed by atoms with Gasteiger partial charge >= 0.3 is 7.82 Å². The molecule has 2 aromatic rings. The predicted molar refractivity (Wildman–Crippen MR) is 135 cm³/mol. The molecule has 2 bridgehead atoms. The smallest absolute Gasteiger partial charge is 0.491 e. The second kappa shape index (κ2) is 9.84. The summed E-state index contributed by atoms with van der Waals surface area (Å²) in [5.41, 5.74) is 3.00. The number of hydrogen-bond acceptors (Lipinski definition) is 6. The summed E-state index contributed by atoms with van der Waals surface area (Å²) in [6.45, 7) is 0.558. The lowest BCUT2D eigenvalue weighted by Gasteiger charge is -2.65. The average Bonchev–Trinajstić information content (AvgIpc) is 2.87. The standard InChI is InChI=1S/C28H33O8P/c29-37(30,31)34-24-13-6-10-22(19-24)28(33-17-16-32-23-11-2-1-3-12-23)27(35-36-28)21-9-7-15-26(27)25-14-5-4-8-20(25)18-21/h1-3,6,10-13,19,21,26H,4-5,7-9,14-18H2,(H2,29,30,31). The normalized spacial score (nSPS) is 31.0. The van der Waals surface area contributed by atoms with Crippen LogP contribution in [0.3, 0.4) is 0 Å². The molecular formula is C28H33O8P. The Morgan fingerprint density at radius 2 is 1.73 bits per heavy atom. The number of allylic oxidation sites excluding steroid dienone is 1. The fourth-order valence-corrected chi connectivity index (χ4v) is 7.39. The Hall–Kier alpha value is -2.19. The van der Waals surface area contributed by atoms with Crippen LogP contribution in [0, 0.1) is 11.8 Å².